The number of aryl methyl sites for hydroxylation is 2. The largest absolute Gasteiger partial charge is 0.268 e. The van der Waals surface area contributed by atoms with E-state index in [-0.39, 0.29) is 0 Å². The molecule has 1 aromatic carbocycles. The summed E-state index contributed by atoms with van der Waals surface area (Å²) in [5.41, 5.74) is 4.01. The highest BCUT2D eigenvalue weighted by atomic mass is 15.2. The second kappa shape index (κ2) is 3.12. The van der Waals surface area contributed by atoms with Gasteiger partial charge in [0, 0.05) is 12.4 Å². The average Bonchev–Trinajstić information content (AvgIpc) is 2.47. The standard InChI is InChI=1S/C12H16N2/c1-8(2)12-9(3)5-6-11-10(12)7-13-14(11)4/h5-8H,1-4H3. The van der Waals surface area contributed by atoms with Gasteiger partial charge in [-0.25, -0.2) is 0 Å². The molecule has 14 heavy (non-hydrogen) atoms. The molecule has 2 aromatic rings. The second-order valence-corrected chi connectivity index (χ2v) is 4.15. The van der Waals surface area contributed by atoms with Crippen LogP contribution in [-0.4, -0.2) is 9.78 Å². The van der Waals surface area contributed by atoms with E-state index in [4.69, 9.17) is 0 Å². The molecule has 0 N–H and O–H groups in total. The maximum atomic E-state index is 4.30. The molecule has 0 saturated carbocycles. The van der Waals surface area contributed by atoms with E-state index in [2.05, 4.69) is 38.0 Å². The van der Waals surface area contributed by atoms with Crippen LogP contribution < -0.4 is 0 Å². The Labute approximate surface area is 84.5 Å². The fraction of sp³-hybridized carbons (Fsp3) is 0.417. The quantitative estimate of drug-likeness (QED) is 0.672. The minimum atomic E-state index is 0.558. The van der Waals surface area contributed by atoms with Crippen molar-refractivity contribution in [3.8, 4) is 0 Å². The summed E-state index contributed by atoms with van der Waals surface area (Å²) in [5, 5.41) is 5.59. The molecule has 0 unspecified atom stereocenters. The maximum absolute atomic E-state index is 4.30. The summed E-state index contributed by atoms with van der Waals surface area (Å²) in [6, 6.07) is 4.32. The summed E-state index contributed by atoms with van der Waals surface area (Å²) in [5.74, 6) is 0.558. The summed E-state index contributed by atoms with van der Waals surface area (Å²) in [6.07, 6.45) is 1.97. The molecule has 2 heteroatoms. The van der Waals surface area contributed by atoms with Crippen LogP contribution >= 0.6 is 0 Å². The van der Waals surface area contributed by atoms with Gasteiger partial charge in [-0.2, -0.15) is 5.10 Å². The molecule has 0 spiro atoms. The Kier molecular flexibility index (Phi) is 2.06. The third kappa shape index (κ3) is 1.22. The van der Waals surface area contributed by atoms with Gasteiger partial charge in [0.15, 0.2) is 0 Å². The zero-order valence-electron chi connectivity index (χ0n) is 9.20. The topological polar surface area (TPSA) is 17.8 Å². The van der Waals surface area contributed by atoms with Gasteiger partial charge < -0.3 is 0 Å². The van der Waals surface area contributed by atoms with Crippen molar-refractivity contribution in [2.75, 3.05) is 0 Å². The molecule has 2 rings (SSSR count). The zero-order valence-corrected chi connectivity index (χ0v) is 9.20. The minimum absolute atomic E-state index is 0.558. The van der Waals surface area contributed by atoms with Crippen molar-refractivity contribution >= 4 is 10.9 Å². The molecule has 0 saturated heterocycles. The van der Waals surface area contributed by atoms with Crippen LogP contribution in [0.1, 0.15) is 30.9 Å². The van der Waals surface area contributed by atoms with Crippen molar-refractivity contribution in [2.45, 2.75) is 26.7 Å². The smallest absolute Gasteiger partial charge is 0.0682 e. The second-order valence-electron chi connectivity index (χ2n) is 4.15. The van der Waals surface area contributed by atoms with Crippen LogP contribution in [0, 0.1) is 6.92 Å². The van der Waals surface area contributed by atoms with E-state index in [1.54, 1.807) is 0 Å². The lowest BCUT2D eigenvalue weighted by molar-refractivity contribution is 0.797. The van der Waals surface area contributed by atoms with Crippen LogP contribution in [0.5, 0.6) is 0 Å². The van der Waals surface area contributed by atoms with E-state index in [0.717, 1.165) is 0 Å². The van der Waals surface area contributed by atoms with Gasteiger partial charge >= 0.3 is 0 Å². The number of hydrogen-bond donors (Lipinski definition) is 0. The first-order chi connectivity index (χ1) is 6.61. The van der Waals surface area contributed by atoms with Crippen molar-refractivity contribution in [3.05, 3.63) is 29.5 Å². The van der Waals surface area contributed by atoms with Crippen LogP contribution in [0.4, 0.5) is 0 Å². The van der Waals surface area contributed by atoms with Crippen molar-refractivity contribution < 1.29 is 0 Å². The van der Waals surface area contributed by atoms with Crippen LogP contribution in [-0.2, 0) is 7.05 Å². The Morgan fingerprint density at radius 1 is 1.29 bits per heavy atom. The minimum Gasteiger partial charge on any atom is -0.268 e. The van der Waals surface area contributed by atoms with Gasteiger partial charge in [-0.15, -0.1) is 0 Å². The predicted molar refractivity (Wildman–Crippen MR) is 59.5 cm³/mol. The number of benzene rings is 1. The fourth-order valence-electron chi connectivity index (χ4n) is 2.12. The highest BCUT2D eigenvalue weighted by molar-refractivity contribution is 5.84. The predicted octanol–water partition coefficient (Wildman–Crippen LogP) is 3.01. The van der Waals surface area contributed by atoms with Gasteiger partial charge in [0.05, 0.1) is 11.7 Å². The SMILES string of the molecule is Cc1ccc2c(cnn2C)c1C(C)C. The Balaban J connectivity index is 2.83. The Bertz CT molecular complexity index is 466. The van der Waals surface area contributed by atoms with Gasteiger partial charge in [-0.3, -0.25) is 4.68 Å². The summed E-state index contributed by atoms with van der Waals surface area (Å²) < 4.78 is 1.93. The van der Waals surface area contributed by atoms with Gasteiger partial charge in [0.25, 0.3) is 0 Å². The Hall–Kier alpha value is -1.31. The van der Waals surface area contributed by atoms with Crippen LogP contribution in [0.25, 0.3) is 10.9 Å². The lowest BCUT2D eigenvalue weighted by Crippen LogP contribution is -1.94. The summed E-state index contributed by atoms with van der Waals surface area (Å²) in [4.78, 5) is 0. The number of aromatic nitrogens is 2. The van der Waals surface area contributed by atoms with Crippen LogP contribution in [0.15, 0.2) is 18.3 Å². The molecule has 1 heterocycles. The van der Waals surface area contributed by atoms with Crippen molar-refractivity contribution in [2.24, 2.45) is 7.05 Å². The third-order valence-corrected chi connectivity index (χ3v) is 2.77. The summed E-state index contributed by atoms with van der Waals surface area (Å²) in [7, 11) is 1.99. The number of fused-ring (bicyclic) bond motifs is 1. The summed E-state index contributed by atoms with van der Waals surface area (Å²) in [6.45, 7) is 6.63. The van der Waals surface area contributed by atoms with Crippen molar-refractivity contribution in [3.63, 3.8) is 0 Å². The van der Waals surface area contributed by atoms with E-state index in [9.17, 15) is 0 Å². The van der Waals surface area contributed by atoms with E-state index >= 15 is 0 Å². The molecule has 0 radical (unpaired) electrons. The molecule has 0 aliphatic heterocycles. The molecule has 0 aliphatic rings. The zero-order chi connectivity index (χ0) is 10.3. The first-order valence-electron chi connectivity index (χ1n) is 5.02. The first kappa shape index (κ1) is 9.25. The molecule has 74 valence electrons. The van der Waals surface area contributed by atoms with E-state index < -0.39 is 0 Å². The molecule has 0 atom stereocenters. The third-order valence-electron chi connectivity index (χ3n) is 2.77. The first-order valence-corrected chi connectivity index (χ1v) is 5.02. The lowest BCUT2D eigenvalue weighted by atomic mass is 9.95. The normalized spacial score (nSPS) is 11.5. The van der Waals surface area contributed by atoms with E-state index in [0.29, 0.717) is 5.92 Å². The van der Waals surface area contributed by atoms with Crippen LogP contribution in [0.3, 0.4) is 0 Å². The van der Waals surface area contributed by atoms with E-state index in [1.165, 1.54) is 22.0 Å². The highest BCUT2D eigenvalue weighted by Gasteiger charge is 2.10. The molecule has 1 aromatic heterocycles. The Morgan fingerprint density at radius 2 is 2.00 bits per heavy atom. The number of hydrogen-bond acceptors (Lipinski definition) is 1. The monoisotopic (exact) mass is 188 g/mol. The van der Waals surface area contributed by atoms with E-state index in [1.807, 2.05) is 17.9 Å². The van der Waals surface area contributed by atoms with Gasteiger partial charge in [-0.05, 0) is 30.0 Å². The van der Waals surface area contributed by atoms with Gasteiger partial charge in [-0.1, -0.05) is 19.9 Å². The van der Waals surface area contributed by atoms with Crippen LogP contribution in [0.2, 0.25) is 0 Å². The molecule has 0 aliphatic carbocycles. The van der Waals surface area contributed by atoms with Crippen molar-refractivity contribution in [1.29, 1.82) is 0 Å². The van der Waals surface area contributed by atoms with Gasteiger partial charge in [0.1, 0.15) is 0 Å². The summed E-state index contributed by atoms with van der Waals surface area (Å²) >= 11 is 0. The molecule has 0 bridgehead atoms. The number of nitrogens with zero attached hydrogens (tertiary/aromatic N) is 2. The van der Waals surface area contributed by atoms with Gasteiger partial charge in [0.2, 0.25) is 0 Å². The molecular weight excluding hydrogens is 172 g/mol. The molecule has 0 fully saturated rings. The van der Waals surface area contributed by atoms with Crippen molar-refractivity contribution in [1.82, 2.24) is 9.78 Å². The average molecular weight is 188 g/mol. The maximum Gasteiger partial charge on any atom is 0.0682 e. The Morgan fingerprint density at radius 3 is 2.64 bits per heavy atom. The molecule has 2 nitrogen and oxygen atoms in total. The fourth-order valence-corrected chi connectivity index (χ4v) is 2.12. The molecule has 0 amide bonds. The number of rotatable bonds is 1. The lowest BCUT2D eigenvalue weighted by Gasteiger charge is -2.10. The highest BCUT2D eigenvalue weighted by Crippen LogP contribution is 2.27. The molecular formula is C12H16N2.